The average Bonchev–Trinajstić information content (AvgIpc) is 2.75. The number of piperidine rings is 1. The van der Waals surface area contributed by atoms with Gasteiger partial charge in [0.15, 0.2) is 0 Å². The van der Waals surface area contributed by atoms with Gasteiger partial charge in [-0.3, -0.25) is 0 Å². The van der Waals surface area contributed by atoms with Crippen LogP contribution < -0.4 is 5.32 Å². The monoisotopic (exact) mass is 494 g/mol. The molecule has 0 spiro atoms. The standard InChI is InChI=1S/C26H36F2N2O3S/c1-25(2,3)20-7-5-8-21(15-20)26(11-6-12-30(18-26)34(4,32)33)29-17-24(31)10-9-19-13-22(27)16-23(28)14-19/h5,7-8,13-16,24,29,31H,6,9-12,17-18H2,1-4H3. The van der Waals surface area contributed by atoms with Crippen molar-refractivity contribution in [1.82, 2.24) is 9.62 Å². The Morgan fingerprint density at radius 3 is 2.44 bits per heavy atom. The lowest BCUT2D eigenvalue weighted by Gasteiger charge is -2.44. The maximum absolute atomic E-state index is 13.5. The minimum atomic E-state index is -3.38. The molecule has 1 fully saturated rings. The molecule has 2 unspecified atom stereocenters. The molecule has 0 radical (unpaired) electrons. The van der Waals surface area contributed by atoms with Crippen LogP contribution in [0.2, 0.25) is 0 Å². The summed E-state index contributed by atoms with van der Waals surface area (Å²) in [7, 11) is -3.38. The number of sulfonamides is 1. The van der Waals surface area contributed by atoms with Crippen molar-refractivity contribution in [3.63, 3.8) is 0 Å². The van der Waals surface area contributed by atoms with Gasteiger partial charge in [-0.15, -0.1) is 0 Å². The number of nitrogens with one attached hydrogen (secondary N) is 1. The molecule has 34 heavy (non-hydrogen) atoms. The van der Waals surface area contributed by atoms with Crippen molar-refractivity contribution in [3.05, 3.63) is 70.8 Å². The first kappa shape index (κ1) is 26.7. The molecule has 3 rings (SSSR count). The molecule has 2 atom stereocenters. The molecule has 1 saturated heterocycles. The van der Waals surface area contributed by atoms with E-state index in [9.17, 15) is 22.3 Å². The van der Waals surface area contributed by atoms with Crippen molar-refractivity contribution in [2.24, 2.45) is 0 Å². The van der Waals surface area contributed by atoms with Gasteiger partial charge in [-0.2, -0.15) is 4.31 Å². The zero-order chi connectivity index (χ0) is 25.1. The van der Waals surface area contributed by atoms with Crippen molar-refractivity contribution in [1.29, 1.82) is 0 Å². The van der Waals surface area contributed by atoms with E-state index in [-0.39, 0.29) is 18.5 Å². The van der Waals surface area contributed by atoms with Crippen LogP contribution in [0.1, 0.15) is 56.7 Å². The van der Waals surface area contributed by atoms with Gasteiger partial charge in [0, 0.05) is 25.7 Å². The lowest BCUT2D eigenvalue weighted by atomic mass is 9.79. The maximum atomic E-state index is 13.5. The highest BCUT2D eigenvalue weighted by Gasteiger charge is 2.40. The first-order valence-electron chi connectivity index (χ1n) is 11.7. The quantitative estimate of drug-likeness (QED) is 0.580. The largest absolute Gasteiger partial charge is 0.392 e. The van der Waals surface area contributed by atoms with E-state index in [4.69, 9.17) is 0 Å². The van der Waals surface area contributed by atoms with Crippen LogP contribution in [-0.4, -0.2) is 49.8 Å². The van der Waals surface area contributed by atoms with Gasteiger partial charge in [0.2, 0.25) is 10.0 Å². The van der Waals surface area contributed by atoms with E-state index in [2.05, 4.69) is 38.2 Å². The van der Waals surface area contributed by atoms with E-state index in [1.165, 1.54) is 22.7 Å². The number of nitrogens with zero attached hydrogens (tertiary/aromatic N) is 1. The number of aliphatic hydroxyl groups is 1. The second-order valence-corrected chi connectivity index (χ2v) is 12.4. The van der Waals surface area contributed by atoms with Crippen LogP contribution in [0.25, 0.3) is 0 Å². The van der Waals surface area contributed by atoms with Crippen molar-refractivity contribution in [2.45, 2.75) is 63.5 Å². The number of aliphatic hydroxyl groups excluding tert-OH is 1. The minimum absolute atomic E-state index is 0.0673. The molecule has 1 aliphatic rings. The van der Waals surface area contributed by atoms with Crippen molar-refractivity contribution >= 4 is 10.0 Å². The van der Waals surface area contributed by atoms with Crippen LogP contribution in [0.3, 0.4) is 0 Å². The van der Waals surface area contributed by atoms with Crippen LogP contribution in [-0.2, 0) is 27.4 Å². The Kier molecular flexibility index (Phi) is 8.18. The molecular formula is C26H36F2N2O3S. The smallest absolute Gasteiger partial charge is 0.211 e. The van der Waals surface area contributed by atoms with Gasteiger partial charge >= 0.3 is 0 Å². The van der Waals surface area contributed by atoms with E-state index in [0.717, 1.165) is 23.6 Å². The molecular weight excluding hydrogens is 458 g/mol. The van der Waals surface area contributed by atoms with Crippen molar-refractivity contribution in [3.8, 4) is 0 Å². The van der Waals surface area contributed by atoms with Gasteiger partial charge in [0.05, 0.1) is 17.9 Å². The highest BCUT2D eigenvalue weighted by atomic mass is 32.2. The number of benzene rings is 2. The van der Waals surface area contributed by atoms with Crippen LogP contribution in [0.15, 0.2) is 42.5 Å². The number of halogens is 2. The highest BCUT2D eigenvalue weighted by molar-refractivity contribution is 7.88. The van der Waals surface area contributed by atoms with E-state index < -0.39 is 33.3 Å². The SMILES string of the molecule is CC(C)(C)c1cccc(C2(NCC(O)CCc3cc(F)cc(F)c3)CCCN(S(C)(=O)=O)C2)c1. The molecule has 0 aliphatic carbocycles. The summed E-state index contributed by atoms with van der Waals surface area (Å²) in [4.78, 5) is 0. The summed E-state index contributed by atoms with van der Waals surface area (Å²) in [6, 6.07) is 11.6. The van der Waals surface area contributed by atoms with Crippen LogP contribution >= 0.6 is 0 Å². The van der Waals surface area contributed by atoms with Gasteiger partial charge in [-0.05, 0) is 59.9 Å². The Hall–Kier alpha value is -1.87. The number of rotatable bonds is 8. The summed E-state index contributed by atoms with van der Waals surface area (Å²) in [5, 5.41) is 14.2. The third-order valence-electron chi connectivity index (χ3n) is 6.57. The predicted molar refractivity (Wildman–Crippen MR) is 131 cm³/mol. The fourth-order valence-corrected chi connectivity index (χ4v) is 5.48. The average molecular weight is 495 g/mol. The van der Waals surface area contributed by atoms with Gasteiger partial charge in [0.1, 0.15) is 11.6 Å². The molecule has 188 valence electrons. The first-order valence-corrected chi connectivity index (χ1v) is 13.6. The Morgan fingerprint density at radius 1 is 1.15 bits per heavy atom. The molecule has 2 N–H and O–H groups in total. The van der Waals surface area contributed by atoms with E-state index in [1.54, 1.807) is 0 Å². The molecule has 5 nitrogen and oxygen atoms in total. The number of hydrogen-bond donors (Lipinski definition) is 2. The number of aryl methyl sites for hydroxylation is 1. The molecule has 2 aromatic carbocycles. The fraction of sp³-hybridized carbons (Fsp3) is 0.538. The predicted octanol–water partition coefficient (Wildman–Crippen LogP) is 4.10. The summed E-state index contributed by atoms with van der Waals surface area (Å²) in [6.07, 6.45) is 2.54. The second kappa shape index (κ2) is 10.4. The van der Waals surface area contributed by atoms with E-state index >= 15 is 0 Å². The molecule has 1 heterocycles. The molecule has 0 saturated carbocycles. The van der Waals surface area contributed by atoms with Crippen molar-refractivity contribution < 1.29 is 22.3 Å². The number of hydrogen-bond acceptors (Lipinski definition) is 4. The third kappa shape index (κ3) is 6.84. The normalized spacial score (nSPS) is 20.9. The minimum Gasteiger partial charge on any atom is -0.392 e. The Balaban J connectivity index is 1.80. The Bertz CT molecular complexity index is 1080. The zero-order valence-corrected chi connectivity index (χ0v) is 21.3. The van der Waals surface area contributed by atoms with Crippen LogP contribution in [0.4, 0.5) is 8.78 Å². The van der Waals surface area contributed by atoms with Gasteiger partial charge in [-0.25, -0.2) is 17.2 Å². The highest BCUT2D eigenvalue weighted by Crippen LogP contribution is 2.35. The third-order valence-corrected chi connectivity index (χ3v) is 7.82. The topological polar surface area (TPSA) is 69.6 Å². The molecule has 2 aromatic rings. The summed E-state index contributed by atoms with van der Waals surface area (Å²) in [6.45, 7) is 7.38. The Morgan fingerprint density at radius 2 is 1.82 bits per heavy atom. The lowest BCUT2D eigenvalue weighted by molar-refractivity contribution is 0.122. The molecule has 0 aromatic heterocycles. The summed E-state index contributed by atoms with van der Waals surface area (Å²) < 4.78 is 53.2. The maximum Gasteiger partial charge on any atom is 0.211 e. The molecule has 8 heteroatoms. The van der Waals surface area contributed by atoms with E-state index in [1.807, 2.05) is 12.1 Å². The lowest BCUT2D eigenvalue weighted by Crippen LogP contribution is -2.57. The summed E-state index contributed by atoms with van der Waals surface area (Å²) >= 11 is 0. The first-order chi connectivity index (χ1) is 15.8. The fourth-order valence-electron chi connectivity index (χ4n) is 4.57. The second-order valence-electron chi connectivity index (χ2n) is 10.5. The Labute approximate surface area is 202 Å². The van der Waals surface area contributed by atoms with E-state index in [0.29, 0.717) is 31.4 Å². The molecule has 0 amide bonds. The summed E-state index contributed by atoms with van der Waals surface area (Å²) in [5.41, 5.74) is 1.92. The van der Waals surface area contributed by atoms with Gasteiger partial charge < -0.3 is 10.4 Å². The molecule has 1 aliphatic heterocycles. The molecule has 0 bridgehead atoms. The van der Waals surface area contributed by atoms with Gasteiger partial charge in [0.25, 0.3) is 0 Å². The summed E-state index contributed by atoms with van der Waals surface area (Å²) in [5.74, 6) is -1.27. The van der Waals surface area contributed by atoms with Crippen LogP contribution in [0.5, 0.6) is 0 Å². The van der Waals surface area contributed by atoms with Gasteiger partial charge in [-0.1, -0.05) is 45.0 Å². The van der Waals surface area contributed by atoms with Crippen molar-refractivity contribution in [2.75, 3.05) is 25.9 Å². The zero-order valence-electron chi connectivity index (χ0n) is 20.4. The van der Waals surface area contributed by atoms with Crippen LogP contribution in [0, 0.1) is 11.6 Å².